The van der Waals surface area contributed by atoms with E-state index in [-0.39, 0.29) is 11.7 Å². The zero-order valence-electron chi connectivity index (χ0n) is 18.6. The van der Waals surface area contributed by atoms with Gasteiger partial charge in [0.2, 0.25) is 5.95 Å². The van der Waals surface area contributed by atoms with Gasteiger partial charge in [0.05, 0.1) is 30.1 Å². The van der Waals surface area contributed by atoms with Crippen molar-refractivity contribution in [2.24, 2.45) is 0 Å². The van der Waals surface area contributed by atoms with E-state index in [0.717, 1.165) is 11.1 Å². The zero-order valence-corrected chi connectivity index (χ0v) is 18.6. The van der Waals surface area contributed by atoms with Crippen LogP contribution < -0.4 is 15.4 Å². The van der Waals surface area contributed by atoms with Gasteiger partial charge in [-0.15, -0.1) is 5.10 Å². The molecule has 2 aromatic carbocycles. The summed E-state index contributed by atoms with van der Waals surface area (Å²) in [5.41, 5.74) is 3.20. The molecule has 0 aliphatic carbocycles. The molecule has 4 aromatic rings. The Morgan fingerprint density at radius 1 is 1.12 bits per heavy atom. The number of phenolic OH excluding ortho intramolecular Hbond substituents is 1. The number of para-hydroxylation sites is 1. The van der Waals surface area contributed by atoms with Crippen molar-refractivity contribution in [2.75, 3.05) is 17.7 Å². The Hall–Kier alpha value is -4.66. The Labute approximate surface area is 195 Å². The lowest BCUT2D eigenvalue weighted by Gasteiger charge is -2.28. The number of hydrogen-bond donors (Lipinski definition) is 3. The largest absolute Gasteiger partial charge is 0.508 e. The molecular weight excluding hydrogens is 432 g/mol. The first kappa shape index (κ1) is 21.2. The van der Waals surface area contributed by atoms with Crippen LogP contribution in [-0.4, -0.2) is 37.9 Å². The van der Waals surface area contributed by atoms with Gasteiger partial charge >= 0.3 is 0 Å². The van der Waals surface area contributed by atoms with Gasteiger partial charge in [-0.3, -0.25) is 9.78 Å². The molecular formula is C25H22N6O3. The van der Waals surface area contributed by atoms with Crippen LogP contribution in [0.25, 0.3) is 11.4 Å². The highest BCUT2D eigenvalue weighted by Crippen LogP contribution is 2.38. The molecule has 0 radical (unpaired) electrons. The molecule has 34 heavy (non-hydrogen) atoms. The number of carbonyl (C=O) groups is 1. The number of nitrogens with one attached hydrogen (secondary N) is 2. The average Bonchev–Trinajstić information content (AvgIpc) is 3.27. The molecule has 2 aromatic heterocycles. The number of anilines is 2. The first-order chi connectivity index (χ1) is 16.5. The summed E-state index contributed by atoms with van der Waals surface area (Å²) >= 11 is 0. The molecule has 1 aliphatic heterocycles. The Kier molecular flexibility index (Phi) is 5.43. The highest BCUT2D eigenvalue weighted by molar-refractivity contribution is 6.06. The number of rotatable bonds is 5. The van der Waals surface area contributed by atoms with Crippen molar-refractivity contribution in [3.05, 3.63) is 89.9 Å². The van der Waals surface area contributed by atoms with Crippen molar-refractivity contribution in [2.45, 2.75) is 13.0 Å². The van der Waals surface area contributed by atoms with Crippen LogP contribution >= 0.6 is 0 Å². The fourth-order valence-electron chi connectivity index (χ4n) is 3.99. The molecule has 0 saturated heterocycles. The summed E-state index contributed by atoms with van der Waals surface area (Å²) in [6, 6.07) is 17.1. The molecule has 1 aliphatic rings. The van der Waals surface area contributed by atoms with E-state index in [9.17, 15) is 9.90 Å². The van der Waals surface area contributed by atoms with Crippen LogP contribution in [0.3, 0.4) is 0 Å². The second-order valence-electron chi connectivity index (χ2n) is 7.76. The Balaban J connectivity index is 1.62. The summed E-state index contributed by atoms with van der Waals surface area (Å²) < 4.78 is 7.17. The van der Waals surface area contributed by atoms with E-state index in [1.165, 1.54) is 0 Å². The van der Waals surface area contributed by atoms with Crippen LogP contribution in [-0.2, 0) is 4.79 Å². The summed E-state index contributed by atoms with van der Waals surface area (Å²) in [5.74, 6) is 1.44. The minimum atomic E-state index is -0.579. The lowest BCUT2D eigenvalue weighted by molar-refractivity contribution is -0.113. The van der Waals surface area contributed by atoms with Gasteiger partial charge in [-0.25, -0.2) is 4.68 Å². The Morgan fingerprint density at radius 3 is 2.65 bits per heavy atom. The number of carbonyl (C=O) groups excluding carboxylic acids is 1. The molecule has 9 nitrogen and oxygen atoms in total. The maximum atomic E-state index is 13.4. The minimum absolute atomic E-state index is 0.133. The second kappa shape index (κ2) is 8.70. The molecule has 1 amide bonds. The van der Waals surface area contributed by atoms with Crippen molar-refractivity contribution in [1.29, 1.82) is 0 Å². The van der Waals surface area contributed by atoms with Gasteiger partial charge in [0.25, 0.3) is 5.91 Å². The van der Waals surface area contributed by atoms with E-state index in [2.05, 4.69) is 20.6 Å². The second-order valence-corrected chi connectivity index (χ2v) is 7.76. The van der Waals surface area contributed by atoms with Crippen LogP contribution in [0.5, 0.6) is 11.5 Å². The molecule has 0 fully saturated rings. The fourth-order valence-corrected chi connectivity index (χ4v) is 3.99. The third kappa shape index (κ3) is 3.83. The van der Waals surface area contributed by atoms with E-state index in [4.69, 9.17) is 9.84 Å². The number of benzene rings is 2. The first-order valence-corrected chi connectivity index (χ1v) is 10.6. The van der Waals surface area contributed by atoms with E-state index >= 15 is 0 Å². The molecule has 0 bridgehead atoms. The summed E-state index contributed by atoms with van der Waals surface area (Å²) in [7, 11) is 1.60. The highest BCUT2D eigenvalue weighted by Gasteiger charge is 2.34. The molecule has 170 valence electrons. The topological polar surface area (TPSA) is 114 Å². The lowest BCUT2D eigenvalue weighted by atomic mass is 9.95. The maximum Gasteiger partial charge on any atom is 0.255 e. The highest BCUT2D eigenvalue weighted by atomic mass is 16.5. The number of aromatic hydroxyl groups is 1. The molecule has 0 unspecified atom stereocenters. The zero-order chi connectivity index (χ0) is 23.7. The van der Waals surface area contributed by atoms with Gasteiger partial charge in [-0.1, -0.05) is 24.3 Å². The van der Waals surface area contributed by atoms with Crippen LogP contribution in [0.1, 0.15) is 18.5 Å². The van der Waals surface area contributed by atoms with E-state index < -0.39 is 6.04 Å². The van der Waals surface area contributed by atoms with Gasteiger partial charge in [0, 0.05) is 11.9 Å². The van der Waals surface area contributed by atoms with Gasteiger partial charge < -0.3 is 20.5 Å². The Bertz CT molecular complexity index is 1380. The number of pyridine rings is 1. The SMILES string of the molecule is COc1ccccc1-c1nc2n(n1)[C@@H](c1ccc(O)cc1)C(C(=O)Nc1cccnc1)=C(C)N2. The summed E-state index contributed by atoms with van der Waals surface area (Å²) in [4.78, 5) is 22.2. The van der Waals surface area contributed by atoms with Crippen molar-refractivity contribution in [3.8, 4) is 22.9 Å². The van der Waals surface area contributed by atoms with Crippen molar-refractivity contribution < 1.29 is 14.6 Å². The molecule has 3 heterocycles. The van der Waals surface area contributed by atoms with Crippen molar-refractivity contribution in [3.63, 3.8) is 0 Å². The standard InChI is InChI=1S/C25H22N6O3/c1-15-21(24(33)28-17-6-5-13-26-14-17)22(16-9-11-18(32)12-10-16)31-25(27-15)29-23(30-31)19-7-3-4-8-20(19)34-2/h3-14,22,32H,1-2H3,(H,28,33)(H,27,29,30)/t22-/m0/s1. The van der Waals surface area contributed by atoms with Crippen LogP contribution in [0.2, 0.25) is 0 Å². The number of ether oxygens (including phenoxy) is 1. The third-order valence-electron chi connectivity index (χ3n) is 5.57. The molecule has 0 saturated carbocycles. The van der Waals surface area contributed by atoms with E-state index in [1.54, 1.807) is 60.6 Å². The average molecular weight is 454 g/mol. The van der Waals surface area contributed by atoms with Gasteiger partial charge in [0.1, 0.15) is 17.5 Å². The number of allylic oxidation sites excluding steroid dienone is 1. The van der Waals surface area contributed by atoms with Crippen molar-refractivity contribution >= 4 is 17.5 Å². The van der Waals surface area contributed by atoms with E-state index in [1.807, 2.05) is 31.2 Å². The van der Waals surface area contributed by atoms with Crippen LogP contribution in [0.15, 0.2) is 84.3 Å². The first-order valence-electron chi connectivity index (χ1n) is 10.6. The monoisotopic (exact) mass is 454 g/mol. The number of aromatic nitrogens is 4. The fraction of sp³-hybridized carbons (Fsp3) is 0.120. The van der Waals surface area contributed by atoms with E-state index in [0.29, 0.717) is 34.5 Å². The quantitative estimate of drug-likeness (QED) is 0.418. The molecule has 0 spiro atoms. The molecule has 5 rings (SSSR count). The number of fused-ring (bicyclic) bond motifs is 1. The maximum absolute atomic E-state index is 13.4. The summed E-state index contributed by atoms with van der Waals surface area (Å²) in [5, 5.41) is 20.7. The summed E-state index contributed by atoms with van der Waals surface area (Å²) in [6.07, 6.45) is 3.23. The van der Waals surface area contributed by atoms with Crippen LogP contribution in [0, 0.1) is 0 Å². The predicted octanol–water partition coefficient (Wildman–Crippen LogP) is 3.98. The lowest BCUT2D eigenvalue weighted by Crippen LogP contribution is -2.31. The molecule has 9 heteroatoms. The van der Waals surface area contributed by atoms with Gasteiger partial charge in [0.15, 0.2) is 5.82 Å². The summed E-state index contributed by atoms with van der Waals surface area (Å²) in [6.45, 7) is 1.83. The van der Waals surface area contributed by atoms with Gasteiger partial charge in [-0.2, -0.15) is 4.98 Å². The van der Waals surface area contributed by atoms with Crippen molar-refractivity contribution in [1.82, 2.24) is 19.7 Å². The normalized spacial score (nSPS) is 14.8. The molecule has 3 N–H and O–H groups in total. The predicted molar refractivity (Wildman–Crippen MR) is 127 cm³/mol. The van der Waals surface area contributed by atoms with Crippen LogP contribution in [0.4, 0.5) is 11.6 Å². The smallest absolute Gasteiger partial charge is 0.255 e. The number of phenols is 1. The Morgan fingerprint density at radius 2 is 1.91 bits per heavy atom. The number of hydrogen-bond acceptors (Lipinski definition) is 7. The number of methoxy groups -OCH3 is 1. The number of amides is 1. The van der Waals surface area contributed by atoms with Gasteiger partial charge in [-0.05, 0) is 48.9 Å². The third-order valence-corrected chi connectivity index (χ3v) is 5.57. The number of nitrogens with zero attached hydrogens (tertiary/aromatic N) is 4. The molecule has 1 atom stereocenters. The minimum Gasteiger partial charge on any atom is -0.508 e.